The molecule has 1 fully saturated rings. The predicted octanol–water partition coefficient (Wildman–Crippen LogP) is 3.94. The molecule has 0 bridgehead atoms. The molecule has 1 aliphatic carbocycles. The number of hydrogen-bond acceptors (Lipinski definition) is 6. The number of thiol groups is 1. The number of phenolic OH excluding ortho intramolecular Hbond substituents is 1. The number of alkyl carbamates (subject to hydrolysis) is 1. The first-order valence-corrected chi connectivity index (χ1v) is 12.6. The van der Waals surface area contributed by atoms with Crippen LogP contribution in [0.4, 0.5) is 4.79 Å². The molecule has 3 amide bonds. The molecule has 1 aromatic carbocycles. The predicted molar refractivity (Wildman–Crippen MR) is 135 cm³/mol. The first-order chi connectivity index (χ1) is 16.0. The molecule has 0 aliphatic heterocycles. The van der Waals surface area contributed by atoms with E-state index in [4.69, 9.17) is 4.74 Å². The quantitative estimate of drug-likeness (QED) is 0.369. The maximum Gasteiger partial charge on any atom is 0.408 e. The highest BCUT2D eigenvalue weighted by molar-refractivity contribution is 7.80. The first-order valence-electron chi connectivity index (χ1n) is 12.0. The lowest BCUT2D eigenvalue weighted by Gasteiger charge is -2.43. The van der Waals surface area contributed by atoms with Gasteiger partial charge >= 0.3 is 6.09 Å². The van der Waals surface area contributed by atoms with Gasteiger partial charge in [0.15, 0.2) is 0 Å². The van der Waals surface area contributed by atoms with E-state index in [-0.39, 0.29) is 29.5 Å². The Morgan fingerprint density at radius 1 is 1.21 bits per heavy atom. The number of ether oxygens (including phenoxy) is 1. The molecule has 3 N–H and O–H groups in total. The van der Waals surface area contributed by atoms with Gasteiger partial charge in [-0.1, -0.05) is 31.5 Å². The van der Waals surface area contributed by atoms with Crippen LogP contribution in [-0.4, -0.2) is 57.4 Å². The number of nitrogens with zero attached hydrogens (tertiary/aromatic N) is 1. The van der Waals surface area contributed by atoms with Crippen LogP contribution < -0.4 is 10.6 Å². The van der Waals surface area contributed by atoms with E-state index < -0.39 is 29.7 Å². The van der Waals surface area contributed by atoms with E-state index in [0.717, 1.165) is 32.1 Å². The average Bonchev–Trinajstić information content (AvgIpc) is 2.69. The molecule has 0 saturated heterocycles. The van der Waals surface area contributed by atoms with Crippen molar-refractivity contribution in [3.05, 3.63) is 29.8 Å². The summed E-state index contributed by atoms with van der Waals surface area (Å²) in [4.78, 5) is 41.3. The van der Waals surface area contributed by atoms with Crippen molar-refractivity contribution >= 4 is 30.5 Å². The van der Waals surface area contributed by atoms with E-state index in [1.807, 2.05) is 13.8 Å². The Bertz CT molecular complexity index is 853. The standard InChI is InChI=1S/C25H39N3O5S/c1-6-10-16(2)26-22(30)21(18-13-7-8-14-20(18)29)28(17-11-9-12-17)23(31)19(15-34)27-24(32)33-25(3,4)5/h7-8,13-14,16-17,19,21,29,34H,6,9-12,15H2,1-5H3,(H,26,30)(H,27,32). The molecule has 1 saturated carbocycles. The van der Waals surface area contributed by atoms with Crippen LogP contribution in [0.1, 0.15) is 78.3 Å². The second-order valence-corrected chi connectivity index (χ2v) is 10.2. The van der Waals surface area contributed by atoms with E-state index in [9.17, 15) is 19.5 Å². The molecule has 0 aromatic heterocycles. The van der Waals surface area contributed by atoms with Crippen molar-refractivity contribution in [1.29, 1.82) is 0 Å². The van der Waals surface area contributed by atoms with E-state index in [1.165, 1.54) is 11.0 Å². The lowest BCUT2D eigenvalue weighted by Crippen LogP contribution is -2.58. The Morgan fingerprint density at radius 3 is 2.35 bits per heavy atom. The zero-order valence-corrected chi connectivity index (χ0v) is 21.7. The molecule has 3 unspecified atom stereocenters. The van der Waals surface area contributed by atoms with Crippen LogP contribution in [0.25, 0.3) is 0 Å². The van der Waals surface area contributed by atoms with Crippen molar-refractivity contribution < 1.29 is 24.2 Å². The minimum Gasteiger partial charge on any atom is -0.508 e. The van der Waals surface area contributed by atoms with Crippen LogP contribution in [0.2, 0.25) is 0 Å². The fourth-order valence-corrected chi connectivity index (χ4v) is 4.21. The number of nitrogens with one attached hydrogen (secondary N) is 2. The number of phenols is 1. The molecule has 1 aliphatic rings. The van der Waals surface area contributed by atoms with E-state index in [0.29, 0.717) is 5.56 Å². The van der Waals surface area contributed by atoms with Gasteiger partial charge in [-0.25, -0.2) is 4.79 Å². The lowest BCUT2D eigenvalue weighted by atomic mass is 9.88. The number of aromatic hydroxyl groups is 1. The number of para-hydroxylation sites is 1. The highest BCUT2D eigenvalue weighted by atomic mass is 32.1. The van der Waals surface area contributed by atoms with Crippen molar-refractivity contribution in [1.82, 2.24) is 15.5 Å². The highest BCUT2D eigenvalue weighted by Gasteiger charge is 2.42. The maximum atomic E-state index is 13.8. The molecule has 34 heavy (non-hydrogen) atoms. The number of hydrogen-bond donors (Lipinski definition) is 4. The molecule has 0 spiro atoms. The maximum absolute atomic E-state index is 13.8. The van der Waals surface area contributed by atoms with Gasteiger partial charge in [0.05, 0.1) is 0 Å². The number of rotatable bonds is 10. The second kappa shape index (κ2) is 12.3. The van der Waals surface area contributed by atoms with Crippen LogP contribution >= 0.6 is 12.6 Å². The summed E-state index contributed by atoms with van der Waals surface area (Å²) in [6.45, 7) is 9.16. The largest absolute Gasteiger partial charge is 0.508 e. The van der Waals surface area contributed by atoms with Gasteiger partial charge in [-0.2, -0.15) is 12.6 Å². The van der Waals surface area contributed by atoms with Crippen LogP contribution in [-0.2, 0) is 14.3 Å². The summed E-state index contributed by atoms with van der Waals surface area (Å²) in [5.74, 6) is -0.830. The first kappa shape index (κ1) is 27.8. The molecule has 8 nitrogen and oxygen atoms in total. The molecule has 3 atom stereocenters. The van der Waals surface area contributed by atoms with E-state index in [1.54, 1.807) is 39.0 Å². The topological polar surface area (TPSA) is 108 Å². The molecule has 2 rings (SSSR count). The summed E-state index contributed by atoms with van der Waals surface area (Å²) in [5.41, 5.74) is -0.380. The summed E-state index contributed by atoms with van der Waals surface area (Å²) >= 11 is 4.29. The van der Waals surface area contributed by atoms with Gasteiger partial charge in [0.25, 0.3) is 0 Å². The van der Waals surface area contributed by atoms with Crippen molar-refractivity contribution in [3.63, 3.8) is 0 Å². The van der Waals surface area contributed by atoms with Crippen LogP contribution in [0.3, 0.4) is 0 Å². The third kappa shape index (κ3) is 7.55. The fraction of sp³-hybridized carbons (Fsp3) is 0.640. The number of carbonyl (C=O) groups excluding carboxylic acids is 3. The highest BCUT2D eigenvalue weighted by Crippen LogP contribution is 2.36. The van der Waals surface area contributed by atoms with Gasteiger partial charge < -0.3 is 25.4 Å². The monoisotopic (exact) mass is 493 g/mol. The van der Waals surface area contributed by atoms with Gasteiger partial charge in [-0.15, -0.1) is 0 Å². The molecular formula is C25H39N3O5S. The Labute approximate surface area is 208 Å². The van der Waals surface area contributed by atoms with Gasteiger partial charge in [0.1, 0.15) is 23.4 Å². The second-order valence-electron chi connectivity index (χ2n) is 9.87. The minimum atomic E-state index is -1.04. The van der Waals surface area contributed by atoms with Gasteiger partial charge in [0, 0.05) is 23.4 Å². The fourth-order valence-electron chi connectivity index (χ4n) is 3.96. The van der Waals surface area contributed by atoms with E-state index >= 15 is 0 Å². The van der Waals surface area contributed by atoms with Crippen LogP contribution in [0, 0.1) is 0 Å². The lowest BCUT2D eigenvalue weighted by molar-refractivity contribution is -0.147. The van der Waals surface area contributed by atoms with E-state index in [2.05, 4.69) is 23.3 Å². The van der Waals surface area contributed by atoms with Crippen LogP contribution in [0.5, 0.6) is 5.75 Å². The summed E-state index contributed by atoms with van der Waals surface area (Å²) < 4.78 is 5.32. The van der Waals surface area contributed by atoms with Gasteiger partial charge in [-0.05, 0) is 59.4 Å². The zero-order valence-electron chi connectivity index (χ0n) is 20.8. The normalized spacial score (nSPS) is 16.5. The Hall–Kier alpha value is -2.42. The molecule has 9 heteroatoms. The Morgan fingerprint density at radius 2 is 1.85 bits per heavy atom. The zero-order chi connectivity index (χ0) is 25.5. The smallest absolute Gasteiger partial charge is 0.408 e. The number of benzene rings is 1. The molecular weight excluding hydrogens is 454 g/mol. The third-order valence-electron chi connectivity index (χ3n) is 5.76. The molecule has 1 aromatic rings. The molecule has 190 valence electrons. The summed E-state index contributed by atoms with van der Waals surface area (Å²) in [5, 5.41) is 16.2. The van der Waals surface area contributed by atoms with Gasteiger partial charge in [-0.3, -0.25) is 9.59 Å². The molecule has 0 heterocycles. The van der Waals surface area contributed by atoms with Crippen molar-refractivity contribution in [2.75, 3.05) is 5.75 Å². The summed E-state index contributed by atoms with van der Waals surface area (Å²) in [6.07, 6.45) is 3.36. The number of carbonyl (C=O) groups is 3. The van der Waals surface area contributed by atoms with Crippen molar-refractivity contribution in [2.45, 2.75) is 96.5 Å². The SMILES string of the molecule is CCCC(C)NC(=O)C(c1ccccc1O)N(C(=O)C(CS)NC(=O)OC(C)(C)C)C1CCC1. The van der Waals surface area contributed by atoms with Crippen molar-refractivity contribution in [2.24, 2.45) is 0 Å². The number of amides is 3. The summed E-state index contributed by atoms with van der Waals surface area (Å²) in [7, 11) is 0. The Balaban J connectivity index is 2.42. The minimum absolute atomic E-state index is 0.0304. The third-order valence-corrected chi connectivity index (χ3v) is 6.13. The van der Waals surface area contributed by atoms with Gasteiger partial charge in [0.2, 0.25) is 11.8 Å². The molecule has 0 radical (unpaired) electrons. The summed E-state index contributed by atoms with van der Waals surface area (Å²) in [6, 6.07) is 4.24. The van der Waals surface area contributed by atoms with Crippen LogP contribution in [0.15, 0.2) is 24.3 Å². The Kier molecular flexibility index (Phi) is 10.1. The van der Waals surface area contributed by atoms with Crippen molar-refractivity contribution in [3.8, 4) is 5.75 Å². The average molecular weight is 494 g/mol.